The summed E-state index contributed by atoms with van der Waals surface area (Å²) in [4.78, 5) is 4.41. The fourth-order valence-electron chi connectivity index (χ4n) is 2.76. The number of piperidine rings is 1. The van der Waals surface area contributed by atoms with Crippen molar-refractivity contribution in [2.45, 2.75) is 50.0 Å². The third-order valence-corrected chi connectivity index (χ3v) is 5.74. The molecule has 1 N–H and O–H groups in total. The zero-order valence-electron chi connectivity index (χ0n) is 12.2. The molecule has 1 aliphatic heterocycles. The average molecular weight is 297 g/mol. The van der Waals surface area contributed by atoms with E-state index in [2.05, 4.69) is 17.2 Å². The summed E-state index contributed by atoms with van der Waals surface area (Å²) in [5.41, 5.74) is 0. The molecule has 6 heteroatoms. The second kappa shape index (κ2) is 6.54. The fourth-order valence-corrected chi connectivity index (χ4v) is 4.49. The van der Waals surface area contributed by atoms with E-state index in [0.717, 1.165) is 32.1 Å². The minimum absolute atomic E-state index is 0.143. The predicted octanol–water partition coefficient (Wildman–Crippen LogP) is 2.47. The highest BCUT2D eigenvalue weighted by Gasteiger charge is 2.32. The van der Waals surface area contributed by atoms with Crippen molar-refractivity contribution < 1.29 is 8.42 Å². The summed E-state index contributed by atoms with van der Waals surface area (Å²) < 4.78 is 27.3. The third kappa shape index (κ3) is 3.12. The van der Waals surface area contributed by atoms with Gasteiger partial charge in [-0.15, -0.1) is 0 Å². The van der Waals surface area contributed by atoms with Crippen molar-refractivity contribution in [2.75, 3.05) is 18.9 Å². The highest BCUT2D eigenvalue weighted by molar-refractivity contribution is 7.89. The summed E-state index contributed by atoms with van der Waals surface area (Å²) in [5, 5.41) is 2.88. The molecule has 0 spiro atoms. The highest BCUT2D eigenvalue weighted by Crippen LogP contribution is 2.28. The van der Waals surface area contributed by atoms with Gasteiger partial charge in [0.1, 0.15) is 5.82 Å². The molecule has 1 aromatic heterocycles. The second-order valence-corrected chi connectivity index (χ2v) is 7.07. The fraction of sp³-hybridized carbons (Fsp3) is 0.643. The lowest BCUT2D eigenvalue weighted by atomic mass is 10.0. The van der Waals surface area contributed by atoms with E-state index >= 15 is 0 Å². The van der Waals surface area contributed by atoms with Crippen LogP contribution in [0.5, 0.6) is 0 Å². The van der Waals surface area contributed by atoms with E-state index in [1.807, 2.05) is 0 Å². The maximum atomic E-state index is 12.8. The number of nitrogens with one attached hydrogen (secondary N) is 1. The van der Waals surface area contributed by atoms with Gasteiger partial charge in [-0.1, -0.05) is 19.8 Å². The number of pyridine rings is 1. The van der Waals surface area contributed by atoms with E-state index in [1.54, 1.807) is 23.5 Å². The number of hydrogen-bond acceptors (Lipinski definition) is 4. The van der Waals surface area contributed by atoms with Gasteiger partial charge in [-0.3, -0.25) is 0 Å². The quantitative estimate of drug-likeness (QED) is 0.907. The molecule has 0 saturated carbocycles. The first-order valence-corrected chi connectivity index (χ1v) is 8.69. The van der Waals surface area contributed by atoms with Crippen molar-refractivity contribution in [3.05, 3.63) is 18.3 Å². The Morgan fingerprint density at radius 1 is 1.45 bits per heavy atom. The molecule has 0 amide bonds. The van der Waals surface area contributed by atoms with Crippen molar-refractivity contribution in [2.24, 2.45) is 0 Å². The van der Waals surface area contributed by atoms with Gasteiger partial charge in [0.05, 0.1) is 4.90 Å². The van der Waals surface area contributed by atoms with Crippen LogP contribution in [0.15, 0.2) is 23.2 Å². The summed E-state index contributed by atoms with van der Waals surface area (Å²) in [7, 11) is -1.68. The Morgan fingerprint density at radius 2 is 2.25 bits per heavy atom. The summed E-state index contributed by atoms with van der Waals surface area (Å²) in [5.74, 6) is 0.579. The minimum atomic E-state index is -3.41. The third-order valence-electron chi connectivity index (χ3n) is 3.79. The maximum Gasteiger partial charge on any atom is 0.243 e. The Kier molecular flexibility index (Phi) is 4.99. The van der Waals surface area contributed by atoms with Crippen molar-refractivity contribution >= 4 is 15.8 Å². The summed E-state index contributed by atoms with van der Waals surface area (Å²) in [6.07, 6.45) is 6.52. The molecule has 112 valence electrons. The molecular formula is C14H23N3O2S. The number of rotatable bonds is 5. The number of hydrogen-bond donors (Lipinski definition) is 1. The zero-order chi connectivity index (χ0) is 14.6. The highest BCUT2D eigenvalue weighted by atomic mass is 32.2. The number of anilines is 1. The lowest BCUT2D eigenvalue weighted by Crippen LogP contribution is -2.43. The standard InChI is InChI=1S/C14H23N3O2S/c1-3-6-12-7-4-5-10-17(12)20(18,19)13-8-9-16-14(11-13)15-2/h8-9,11-12H,3-7,10H2,1-2H3,(H,15,16). The predicted molar refractivity (Wildman–Crippen MR) is 80.2 cm³/mol. The van der Waals surface area contributed by atoms with Crippen LogP contribution in [0, 0.1) is 0 Å². The van der Waals surface area contributed by atoms with Crippen molar-refractivity contribution in [3.63, 3.8) is 0 Å². The molecule has 0 aromatic carbocycles. The maximum absolute atomic E-state index is 12.8. The monoisotopic (exact) mass is 297 g/mol. The number of aromatic nitrogens is 1. The largest absolute Gasteiger partial charge is 0.373 e. The first kappa shape index (κ1) is 15.3. The van der Waals surface area contributed by atoms with Gasteiger partial charge in [0.25, 0.3) is 0 Å². The summed E-state index contributed by atoms with van der Waals surface area (Å²) in [6.45, 7) is 2.73. The van der Waals surface area contributed by atoms with Crippen LogP contribution in [0.2, 0.25) is 0 Å². The van der Waals surface area contributed by atoms with Crippen molar-refractivity contribution in [1.82, 2.24) is 9.29 Å². The van der Waals surface area contributed by atoms with E-state index in [4.69, 9.17) is 0 Å². The van der Waals surface area contributed by atoms with Gasteiger partial charge >= 0.3 is 0 Å². The van der Waals surface area contributed by atoms with Crippen LogP contribution >= 0.6 is 0 Å². The molecule has 0 bridgehead atoms. The van der Waals surface area contributed by atoms with Gasteiger partial charge in [0, 0.05) is 31.9 Å². The lowest BCUT2D eigenvalue weighted by molar-refractivity contribution is 0.239. The molecule has 1 aliphatic rings. The smallest absolute Gasteiger partial charge is 0.243 e. The van der Waals surface area contributed by atoms with Crippen LogP contribution < -0.4 is 5.32 Å². The molecule has 1 fully saturated rings. The van der Waals surface area contributed by atoms with Crippen LogP contribution in [-0.2, 0) is 10.0 Å². The van der Waals surface area contributed by atoms with E-state index in [-0.39, 0.29) is 6.04 Å². The Morgan fingerprint density at radius 3 is 2.95 bits per heavy atom. The number of nitrogens with zero attached hydrogens (tertiary/aromatic N) is 2. The van der Waals surface area contributed by atoms with Crippen molar-refractivity contribution in [3.8, 4) is 0 Å². The summed E-state index contributed by atoms with van der Waals surface area (Å²) >= 11 is 0. The SMILES string of the molecule is CCCC1CCCCN1S(=O)(=O)c1ccnc(NC)c1. The van der Waals surface area contributed by atoms with Gasteiger partial charge in [0.2, 0.25) is 10.0 Å². The van der Waals surface area contributed by atoms with Gasteiger partial charge < -0.3 is 5.32 Å². The molecular weight excluding hydrogens is 274 g/mol. The van der Waals surface area contributed by atoms with E-state index < -0.39 is 10.0 Å². The molecule has 5 nitrogen and oxygen atoms in total. The first-order valence-electron chi connectivity index (χ1n) is 7.25. The van der Waals surface area contributed by atoms with Crippen LogP contribution in [0.25, 0.3) is 0 Å². The lowest BCUT2D eigenvalue weighted by Gasteiger charge is -2.34. The minimum Gasteiger partial charge on any atom is -0.373 e. The Labute approximate surface area is 121 Å². The van der Waals surface area contributed by atoms with E-state index in [0.29, 0.717) is 17.3 Å². The normalized spacial score (nSPS) is 20.8. The molecule has 2 rings (SSSR count). The Balaban J connectivity index is 2.31. The van der Waals surface area contributed by atoms with Crippen LogP contribution in [0.1, 0.15) is 39.0 Å². The van der Waals surface area contributed by atoms with Crippen LogP contribution in [-0.4, -0.2) is 37.3 Å². The topological polar surface area (TPSA) is 62.3 Å². The van der Waals surface area contributed by atoms with Gasteiger partial charge in [0.15, 0.2) is 0 Å². The molecule has 0 radical (unpaired) electrons. The van der Waals surface area contributed by atoms with Crippen molar-refractivity contribution in [1.29, 1.82) is 0 Å². The average Bonchev–Trinajstić information content (AvgIpc) is 2.48. The van der Waals surface area contributed by atoms with Crippen LogP contribution in [0.4, 0.5) is 5.82 Å². The number of sulfonamides is 1. The van der Waals surface area contributed by atoms with Gasteiger partial charge in [-0.05, 0) is 25.3 Å². The first-order chi connectivity index (χ1) is 9.59. The van der Waals surface area contributed by atoms with Gasteiger partial charge in [-0.2, -0.15) is 4.31 Å². The van der Waals surface area contributed by atoms with E-state index in [1.165, 1.54) is 6.20 Å². The molecule has 0 aliphatic carbocycles. The Bertz CT molecular complexity index is 543. The second-order valence-electron chi connectivity index (χ2n) is 5.18. The molecule has 2 heterocycles. The molecule has 1 atom stereocenters. The van der Waals surface area contributed by atoms with Crippen LogP contribution in [0.3, 0.4) is 0 Å². The molecule has 1 saturated heterocycles. The summed E-state index contributed by atoms with van der Waals surface area (Å²) in [6, 6.07) is 3.32. The molecule has 20 heavy (non-hydrogen) atoms. The molecule has 1 unspecified atom stereocenters. The zero-order valence-corrected chi connectivity index (χ0v) is 13.0. The molecule has 1 aromatic rings. The van der Waals surface area contributed by atoms with Gasteiger partial charge in [-0.25, -0.2) is 13.4 Å². The van der Waals surface area contributed by atoms with E-state index in [9.17, 15) is 8.42 Å². The Hall–Kier alpha value is -1.14.